The number of esters is 1. The number of hydrogen-bond acceptors (Lipinski definition) is 5. The fraction of sp³-hybridized carbons (Fsp3) is 0.933. The molecule has 6 nitrogen and oxygen atoms in total. The molecule has 3 N–H and O–H groups in total. The third-order valence-electron chi connectivity index (χ3n) is 14.1. The third kappa shape index (κ3) is 52.0. The second-order valence-electron chi connectivity index (χ2n) is 20.7. The number of nitrogens with one attached hydrogen (secondary N) is 1. The monoisotopic (exact) mass is 932 g/mol. The number of carbonyl (C=O) groups is 2. The van der Waals surface area contributed by atoms with Gasteiger partial charge in [0.2, 0.25) is 5.91 Å². The van der Waals surface area contributed by atoms with E-state index >= 15 is 0 Å². The first-order valence-electron chi connectivity index (χ1n) is 29.9. The SMILES string of the molecule is CCCCCCCCCCCCCCCCC(O)C(CO)NC(=O)CCCCCCCCC/C=C\CCCCCCCCCCCCCOC(=O)CCCCCCCCCCCCCCC. The maximum absolute atomic E-state index is 12.5. The van der Waals surface area contributed by atoms with Gasteiger partial charge in [-0.15, -0.1) is 0 Å². The minimum absolute atomic E-state index is 0.0120. The van der Waals surface area contributed by atoms with E-state index in [9.17, 15) is 19.8 Å². The summed E-state index contributed by atoms with van der Waals surface area (Å²) >= 11 is 0. The summed E-state index contributed by atoms with van der Waals surface area (Å²) in [5.74, 6) is -0.0282. The molecule has 1 amide bonds. The van der Waals surface area contributed by atoms with E-state index in [-0.39, 0.29) is 18.5 Å². The van der Waals surface area contributed by atoms with Crippen LogP contribution in [0.5, 0.6) is 0 Å². The van der Waals surface area contributed by atoms with Gasteiger partial charge in [-0.25, -0.2) is 0 Å². The standard InChI is InChI=1S/C60H117NO5/c1-3-5-7-9-11-13-15-17-29-32-36-40-44-48-52-58(63)57(56-62)61-59(64)53-49-45-41-37-33-30-26-24-22-20-18-19-21-23-25-27-31-35-39-43-47-51-55-66-60(65)54-50-46-42-38-34-28-16-14-12-10-8-6-4-2/h20,22,57-58,62-63H,3-19,21,23-56H2,1-2H3,(H,61,64)/b22-20-. The van der Waals surface area contributed by atoms with Crippen LogP contribution in [-0.2, 0) is 14.3 Å². The quantitative estimate of drug-likeness (QED) is 0.0321. The molecule has 0 rings (SSSR count). The van der Waals surface area contributed by atoms with Crippen molar-refractivity contribution in [3.8, 4) is 0 Å². The summed E-state index contributed by atoms with van der Waals surface area (Å²) in [4.78, 5) is 24.5. The Hall–Kier alpha value is -1.40. The second-order valence-corrected chi connectivity index (χ2v) is 20.7. The first-order chi connectivity index (χ1) is 32.5. The van der Waals surface area contributed by atoms with Gasteiger partial charge >= 0.3 is 5.97 Å². The van der Waals surface area contributed by atoms with Crippen molar-refractivity contribution in [2.75, 3.05) is 13.2 Å². The average Bonchev–Trinajstić information content (AvgIpc) is 3.32. The molecular formula is C60H117NO5. The molecule has 0 bridgehead atoms. The van der Waals surface area contributed by atoms with Crippen LogP contribution in [0.15, 0.2) is 12.2 Å². The zero-order valence-corrected chi connectivity index (χ0v) is 44.7. The van der Waals surface area contributed by atoms with Gasteiger partial charge in [0.15, 0.2) is 0 Å². The molecule has 0 aromatic rings. The summed E-state index contributed by atoms with van der Waals surface area (Å²) in [6.45, 7) is 4.97. The van der Waals surface area contributed by atoms with Gasteiger partial charge in [0.25, 0.3) is 0 Å². The smallest absolute Gasteiger partial charge is 0.305 e. The van der Waals surface area contributed by atoms with Crippen molar-refractivity contribution in [3.63, 3.8) is 0 Å². The molecule has 2 atom stereocenters. The van der Waals surface area contributed by atoms with Crippen molar-refractivity contribution in [2.24, 2.45) is 0 Å². The first kappa shape index (κ1) is 64.6. The molecule has 0 aliphatic carbocycles. The Morgan fingerprint density at radius 1 is 0.409 bits per heavy atom. The number of carbonyl (C=O) groups excluding carboxylic acids is 2. The lowest BCUT2D eigenvalue weighted by Crippen LogP contribution is -2.45. The molecule has 0 fully saturated rings. The van der Waals surface area contributed by atoms with Crippen molar-refractivity contribution in [2.45, 2.75) is 347 Å². The molecular weight excluding hydrogens is 815 g/mol. The van der Waals surface area contributed by atoms with Crippen molar-refractivity contribution in [3.05, 3.63) is 12.2 Å². The Morgan fingerprint density at radius 2 is 0.712 bits per heavy atom. The number of unbranched alkanes of at least 4 members (excludes halogenated alkanes) is 43. The summed E-state index contributed by atoms with van der Waals surface area (Å²) in [5.41, 5.74) is 0. The highest BCUT2D eigenvalue weighted by Gasteiger charge is 2.20. The van der Waals surface area contributed by atoms with Gasteiger partial charge in [-0.2, -0.15) is 0 Å². The van der Waals surface area contributed by atoms with Crippen molar-refractivity contribution < 1.29 is 24.5 Å². The Kier molecular flexibility index (Phi) is 55.0. The van der Waals surface area contributed by atoms with E-state index in [4.69, 9.17) is 4.74 Å². The van der Waals surface area contributed by atoms with Crippen LogP contribution in [0, 0.1) is 0 Å². The van der Waals surface area contributed by atoms with Gasteiger partial charge in [-0.1, -0.05) is 283 Å². The predicted molar refractivity (Wildman–Crippen MR) is 287 cm³/mol. The van der Waals surface area contributed by atoms with E-state index in [0.717, 1.165) is 38.5 Å². The van der Waals surface area contributed by atoms with Crippen LogP contribution in [0.25, 0.3) is 0 Å². The molecule has 0 aliphatic heterocycles. The second kappa shape index (κ2) is 56.2. The highest BCUT2D eigenvalue weighted by molar-refractivity contribution is 5.76. The topological polar surface area (TPSA) is 95.9 Å². The zero-order valence-electron chi connectivity index (χ0n) is 44.7. The lowest BCUT2D eigenvalue weighted by Gasteiger charge is -2.22. The maximum atomic E-state index is 12.5. The lowest BCUT2D eigenvalue weighted by molar-refractivity contribution is -0.143. The number of hydrogen-bond donors (Lipinski definition) is 3. The van der Waals surface area contributed by atoms with E-state index < -0.39 is 12.1 Å². The number of aliphatic hydroxyl groups excluding tert-OH is 2. The number of aliphatic hydroxyl groups is 2. The number of amides is 1. The van der Waals surface area contributed by atoms with Gasteiger partial charge < -0.3 is 20.3 Å². The van der Waals surface area contributed by atoms with Gasteiger partial charge in [0.1, 0.15) is 0 Å². The van der Waals surface area contributed by atoms with Crippen LogP contribution in [0.3, 0.4) is 0 Å². The number of ether oxygens (including phenoxy) is 1. The Balaban J connectivity index is 3.40. The molecule has 2 unspecified atom stereocenters. The van der Waals surface area contributed by atoms with E-state index in [1.54, 1.807) is 0 Å². The molecule has 392 valence electrons. The molecule has 6 heteroatoms. The summed E-state index contributed by atoms with van der Waals surface area (Å²) in [6, 6.07) is -0.545. The summed E-state index contributed by atoms with van der Waals surface area (Å²) in [5, 5.41) is 23.3. The summed E-state index contributed by atoms with van der Waals surface area (Å²) in [6.07, 6.45) is 66.4. The molecule has 0 saturated carbocycles. The summed E-state index contributed by atoms with van der Waals surface area (Å²) < 4.78 is 5.48. The molecule has 0 radical (unpaired) electrons. The van der Waals surface area contributed by atoms with Crippen LogP contribution < -0.4 is 5.32 Å². The van der Waals surface area contributed by atoms with Crippen LogP contribution in [0.2, 0.25) is 0 Å². The van der Waals surface area contributed by atoms with Gasteiger partial charge in [0, 0.05) is 12.8 Å². The molecule has 0 saturated heterocycles. The van der Waals surface area contributed by atoms with Gasteiger partial charge in [0.05, 0.1) is 25.4 Å². The molecule has 66 heavy (non-hydrogen) atoms. The highest BCUT2D eigenvalue weighted by atomic mass is 16.5. The van der Waals surface area contributed by atoms with Crippen molar-refractivity contribution in [1.82, 2.24) is 5.32 Å². The fourth-order valence-corrected chi connectivity index (χ4v) is 9.46. The van der Waals surface area contributed by atoms with Crippen LogP contribution >= 0.6 is 0 Å². The predicted octanol–water partition coefficient (Wildman–Crippen LogP) is 18.5. The van der Waals surface area contributed by atoms with Crippen LogP contribution in [-0.4, -0.2) is 47.4 Å². The Morgan fingerprint density at radius 3 is 1.08 bits per heavy atom. The van der Waals surface area contributed by atoms with Gasteiger partial charge in [-0.3, -0.25) is 9.59 Å². The fourth-order valence-electron chi connectivity index (χ4n) is 9.46. The maximum Gasteiger partial charge on any atom is 0.305 e. The minimum atomic E-state index is -0.667. The van der Waals surface area contributed by atoms with E-state index in [1.807, 2.05) is 0 Å². The van der Waals surface area contributed by atoms with Crippen LogP contribution in [0.4, 0.5) is 0 Å². The normalized spacial score (nSPS) is 12.6. The van der Waals surface area contributed by atoms with E-state index in [1.165, 1.54) is 263 Å². The largest absolute Gasteiger partial charge is 0.466 e. The van der Waals surface area contributed by atoms with E-state index in [0.29, 0.717) is 25.9 Å². The Labute approximate surface area is 412 Å². The van der Waals surface area contributed by atoms with E-state index in [2.05, 4.69) is 31.3 Å². The van der Waals surface area contributed by atoms with Crippen LogP contribution in [0.1, 0.15) is 335 Å². The lowest BCUT2D eigenvalue weighted by atomic mass is 10.0. The number of allylic oxidation sites excluding steroid dienone is 2. The Bertz CT molecular complexity index is 986. The van der Waals surface area contributed by atoms with Gasteiger partial charge in [-0.05, 0) is 51.4 Å². The first-order valence-corrected chi connectivity index (χ1v) is 29.9. The van der Waals surface area contributed by atoms with Crippen molar-refractivity contribution in [1.29, 1.82) is 0 Å². The molecule has 0 aliphatic rings. The van der Waals surface area contributed by atoms with Crippen molar-refractivity contribution >= 4 is 11.9 Å². The summed E-state index contributed by atoms with van der Waals surface area (Å²) in [7, 11) is 0. The molecule has 0 aromatic carbocycles. The molecule has 0 aromatic heterocycles. The highest BCUT2D eigenvalue weighted by Crippen LogP contribution is 2.17. The minimum Gasteiger partial charge on any atom is -0.466 e. The average molecular weight is 933 g/mol. The molecule has 0 spiro atoms. The molecule has 0 heterocycles. The third-order valence-corrected chi connectivity index (χ3v) is 14.1. The number of rotatable bonds is 56. The zero-order chi connectivity index (χ0) is 47.9.